The molecular weight excluding hydrogens is 475 g/mol. The Balaban J connectivity index is 0.000000382. The zero-order valence-electron chi connectivity index (χ0n) is 13.0. The number of pyridine rings is 2. The number of amides is 1. The van der Waals surface area contributed by atoms with Crippen molar-refractivity contribution < 1.29 is 9.59 Å². The molecule has 0 aliphatic heterocycles. The van der Waals surface area contributed by atoms with E-state index in [-0.39, 0.29) is 5.91 Å². The standard InChI is InChI=1S/C8H7BrN2O.C5H5BrN2.C3H3ClO/c1-2-8(12)11-7-4-3-6(9)5-10-7;6-4-1-2-5(7)8-3-4;1-2-3(4)5/h2-5H,1H2,(H,10,11,12);1-3H,(H2,7,8);2H,1H2. The largest absolute Gasteiger partial charge is 0.384 e. The summed E-state index contributed by atoms with van der Waals surface area (Å²) in [5.41, 5.74) is 5.29. The first-order chi connectivity index (χ1) is 11.8. The van der Waals surface area contributed by atoms with Crippen LogP contribution in [0.2, 0.25) is 0 Å². The van der Waals surface area contributed by atoms with Crippen LogP contribution < -0.4 is 11.1 Å². The highest BCUT2D eigenvalue weighted by Gasteiger charge is 1.96. The topological polar surface area (TPSA) is 98.0 Å². The number of halogens is 3. The molecule has 0 bridgehead atoms. The number of anilines is 2. The van der Waals surface area contributed by atoms with Crippen molar-refractivity contribution in [3.8, 4) is 0 Å². The quantitative estimate of drug-likeness (QED) is 0.493. The van der Waals surface area contributed by atoms with Gasteiger partial charge in [0.25, 0.3) is 0 Å². The molecule has 0 aromatic carbocycles. The lowest BCUT2D eigenvalue weighted by molar-refractivity contribution is -0.112. The highest BCUT2D eigenvalue weighted by molar-refractivity contribution is 9.10. The lowest BCUT2D eigenvalue weighted by Crippen LogP contribution is -2.08. The molecule has 0 unspecified atom stereocenters. The van der Waals surface area contributed by atoms with Gasteiger partial charge < -0.3 is 11.1 Å². The van der Waals surface area contributed by atoms with E-state index in [1.54, 1.807) is 30.6 Å². The summed E-state index contributed by atoms with van der Waals surface area (Å²) in [7, 11) is 0. The molecule has 0 fully saturated rings. The van der Waals surface area contributed by atoms with Crippen LogP contribution in [0.1, 0.15) is 0 Å². The minimum atomic E-state index is -0.509. The third kappa shape index (κ3) is 13.0. The van der Waals surface area contributed by atoms with Crippen LogP contribution in [0, 0.1) is 0 Å². The van der Waals surface area contributed by atoms with Crippen molar-refractivity contribution in [1.29, 1.82) is 0 Å². The van der Waals surface area contributed by atoms with Gasteiger partial charge in [0.05, 0.1) is 0 Å². The van der Waals surface area contributed by atoms with Crippen LogP contribution >= 0.6 is 43.5 Å². The van der Waals surface area contributed by atoms with Gasteiger partial charge >= 0.3 is 0 Å². The summed E-state index contributed by atoms with van der Waals surface area (Å²) in [6.45, 7) is 6.40. The maximum absolute atomic E-state index is 10.8. The molecule has 0 aliphatic carbocycles. The average molecular weight is 491 g/mol. The molecule has 6 nitrogen and oxygen atoms in total. The molecule has 0 saturated carbocycles. The molecule has 132 valence electrons. The van der Waals surface area contributed by atoms with E-state index >= 15 is 0 Å². The van der Waals surface area contributed by atoms with Gasteiger partial charge in [0.15, 0.2) is 0 Å². The van der Waals surface area contributed by atoms with Crippen molar-refractivity contribution in [3.63, 3.8) is 0 Å². The fourth-order valence-electron chi connectivity index (χ4n) is 1.01. The molecule has 9 heteroatoms. The van der Waals surface area contributed by atoms with Gasteiger partial charge in [-0.15, -0.1) is 0 Å². The van der Waals surface area contributed by atoms with E-state index in [4.69, 9.17) is 17.3 Å². The number of carbonyl (C=O) groups is 2. The highest BCUT2D eigenvalue weighted by Crippen LogP contribution is 2.10. The molecule has 2 rings (SSSR count). The van der Waals surface area contributed by atoms with E-state index in [1.165, 1.54) is 6.08 Å². The second kappa shape index (κ2) is 13.3. The van der Waals surface area contributed by atoms with Crippen LogP contribution in [-0.4, -0.2) is 21.1 Å². The summed E-state index contributed by atoms with van der Waals surface area (Å²) in [5, 5.41) is 2.02. The van der Waals surface area contributed by atoms with Crippen LogP contribution in [0.15, 0.2) is 70.9 Å². The van der Waals surface area contributed by atoms with Crippen LogP contribution in [0.25, 0.3) is 0 Å². The van der Waals surface area contributed by atoms with Crippen molar-refractivity contribution in [3.05, 3.63) is 70.9 Å². The zero-order valence-corrected chi connectivity index (χ0v) is 16.9. The van der Waals surface area contributed by atoms with Crippen molar-refractivity contribution in [1.82, 2.24) is 9.97 Å². The van der Waals surface area contributed by atoms with Gasteiger partial charge in [0.1, 0.15) is 11.6 Å². The SMILES string of the molecule is C=CC(=O)Cl.C=CC(=O)Nc1ccc(Br)cn1.Nc1ccc(Br)cn1. The second-order valence-electron chi connectivity index (χ2n) is 3.96. The van der Waals surface area contributed by atoms with E-state index in [0.717, 1.165) is 15.0 Å². The summed E-state index contributed by atoms with van der Waals surface area (Å²) in [6.07, 6.45) is 5.51. The Morgan fingerprint density at radius 1 is 1.04 bits per heavy atom. The van der Waals surface area contributed by atoms with Gasteiger partial charge in [-0.05, 0) is 79.9 Å². The van der Waals surface area contributed by atoms with Crippen molar-refractivity contribution in [2.75, 3.05) is 11.1 Å². The summed E-state index contributed by atoms with van der Waals surface area (Å²) in [5.74, 6) is 0.807. The van der Waals surface area contributed by atoms with Gasteiger partial charge in [-0.2, -0.15) is 0 Å². The first-order valence-electron chi connectivity index (χ1n) is 6.52. The van der Waals surface area contributed by atoms with E-state index in [2.05, 4.69) is 60.3 Å². The molecule has 0 aliphatic rings. The van der Waals surface area contributed by atoms with Crippen molar-refractivity contribution in [2.45, 2.75) is 0 Å². The first kappa shape index (κ1) is 23.0. The molecule has 0 spiro atoms. The van der Waals surface area contributed by atoms with Crippen molar-refractivity contribution >= 4 is 66.2 Å². The lowest BCUT2D eigenvalue weighted by Gasteiger charge is -1.99. The third-order valence-electron chi connectivity index (χ3n) is 2.07. The van der Waals surface area contributed by atoms with Gasteiger partial charge in [-0.3, -0.25) is 9.59 Å². The summed E-state index contributed by atoms with van der Waals surface area (Å²) in [6, 6.07) is 7.09. The second-order valence-corrected chi connectivity index (χ2v) is 6.17. The number of nitrogens with zero attached hydrogens (tertiary/aromatic N) is 2. The van der Waals surface area contributed by atoms with Crippen LogP contribution in [0.3, 0.4) is 0 Å². The Morgan fingerprint density at radius 3 is 1.88 bits per heavy atom. The highest BCUT2D eigenvalue weighted by atomic mass is 79.9. The van der Waals surface area contributed by atoms with E-state index < -0.39 is 5.24 Å². The minimum Gasteiger partial charge on any atom is -0.384 e. The van der Waals surface area contributed by atoms with Crippen LogP contribution in [0.5, 0.6) is 0 Å². The van der Waals surface area contributed by atoms with Crippen molar-refractivity contribution in [2.24, 2.45) is 0 Å². The van der Waals surface area contributed by atoms with E-state index in [0.29, 0.717) is 11.6 Å². The Morgan fingerprint density at radius 2 is 1.56 bits per heavy atom. The van der Waals surface area contributed by atoms with Gasteiger partial charge in [0, 0.05) is 21.3 Å². The number of nitrogens with two attached hydrogens (primary N) is 1. The predicted octanol–water partition coefficient (Wildman–Crippen LogP) is 4.33. The molecule has 2 aromatic heterocycles. The fraction of sp³-hybridized carbons (Fsp3) is 0. The molecule has 0 atom stereocenters. The van der Waals surface area contributed by atoms with E-state index in [1.807, 2.05) is 6.07 Å². The first-order valence-corrected chi connectivity index (χ1v) is 8.48. The number of nitrogen functional groups attached to an aromatic ring is 1. The van der Waals surface area contributed by atoms with Gasteiger partial charge in [0.2, 0.25) is 11.1 Å². The minimum absolute atomic E-state index is 0.259. The monoisotopic (exact) mass is 488 g/mol. The predicted molar refractivity (Wildman–Crippen MR) is 108 cm³/mol. The fourth-order valence-corrected chi connectivity index (χ4v) is 1.48. The summed E-state index contributed by atoms with van der Waals surface area (Å²) >= 11 is 11.2. The third-order valence-corrected chi connectivity index (χ3v) is 3.17. The molecule has 0 saturated heterocycles. The maximum Gasteiger partial charge on any atom is 0.248 e. The molecule has 1 amide bonds. The normalized spacial score (nSPS) is 8.60. The number of hydrogen-bond acceptors (Lipinski definition) is 5. The molecule has 25 heavy (non-hydrogen) atoms. The Labute approximate surface area is 167 Å². The van der Waals surface area contributed by atoms with Gasteiger partial charge in [-0.25, -0.2) is 9.97 Å². The lowest BCUT2D eigenvalue weighted by atomic mass is 10.4. The number of carbonyl (C=O) groups excluding carboxylic acids is 2. The number of aromatic nitrogens is 2. The Kier molecular flexibility index (Phi) is 12.2. The van der Waals surface area contributed by atoms with Crippen LogP contribution in [0.4, 0.5) is 11.6 Å². The maximum atomic E-state index is 10.8. The summed E-state index contributed by atoms with van der Waals surface area (Å²) < 4.78 is 1.82. The number of nitrogens with one attached hydrogen (secondary N) is 1. The zero-order chi connectivity index (χ0) is 19.2. The average Bonchev–Trinajstić information content (AvgIpc) is 2.60. The van der Waals surface area contributed by atoms with E-state index in [9.17, 15) is 9.59 Å². The number of allylic oxidation sites excluding steroid dienone is 1. The smallest absolute Gasteiger partial charge is 0.248 e. The van der Waals surface area contributed by atoms with Crippen LogP contribution in [-0.2, 0) is 9.59 Å². The number of rotatable bonds is 3. The molecule has 0 radical (unpaired) electrons. The molecule has 2 heterocycles. The molecule has 3 N–H and O–H groups in total. The summed E-state index contributed by atoms with van der Waals surface area (Å²) in [4.78, 5) is 28.0. The molecule has 2 aromatic rings. The Bertz CT molecular complexity index is 686. The molecular formula is C16H15Br2ClN4O2. The Hall–Kier alpha value is -2.03. The van der Waals surface area contributed by atoms with Gasteiger partial charge in [-0.1, -0.05) is 13.2 Å². The number of hydrogen-bond donors (Lipinski definition) is 2.